The highest BCUT2D eigenvalue weighted by molar-refractivity contribution is 6.31. The van der Waals surface area contributed by atoms with Crippen molar-refractivity contribution < 1.29 is 4.79 Å². The van der Waals surface area contributed by atoms with Gasteiger partial charge in [0.05, 0.1) is 11.0 Å². The Morgan fingerprint density at radius 2 is 1.89 bits per heavy atom. The Morgan fingerprint density at radius 3 is 2.61 bits per heavy atom. The maximum atomic E-state index is 12.5. The summed E-state index contributed by atoms with van der Waals surface area (Å²) in [4.78, 5) is 22.7. The number of hydrogen-bond acceptors (Lipinski definition) is 3. The van der Waals surface area contributed by atoms with E-state index in [-0.39, 0.29) is 11.8 Å². The molecule has 1 aromatic heterocycles. The highest BCUT2D eigenvalue weighted by Crippen LogP contribution is 2.25. The quantitative estimate of drug-likeness (QED) is 0.675. The smallest absolute Gasteiger partial charge is 0.223 e. The number of nitrogens with zero attached hydrogens (tertiary/aromatic N) is 2. The first-order valence-electron chi connectivity index (χ1n) is 9.88. The first kappa shape index (κ1) is 18.8. The zero-order valence-corrected chi connectivity index (χ0v) is 16.8. The highest BCUT2D eigenvalue weighted by atomic mass is 35.5. The molecule has 0 radical (unpaired) electrons. The van der Waals surface area contributed by atoms with Gasteiger partial charge in [0.1, 0.15) is 0 Å². The number of fused-ring (bicyclic) bond motifs is 1. The normalized spacial score (nSPS) is 15.1. The molecule has 2 heterocycles. The average molecular weight is 397 g/mol. The van der Waals surface area contributed by atoms with E-state index >= 15 is 0 Å². The van der Waals surface area contributed by atoms with Crippen LogP contribution in [0.15, 0.2) is 42.5 Å². The Balaban J connectivity index is 1.30. The predicted molar refractivity (Wildman–Crippen MR) is 114 cm³/mol. The Kier molecular flexibility index (Phi) is 5.53. The van der Waals surface area contributed by atoms with Crippen LogP contribution in [0, 0.1) is 5.92 Å². The second-order valence-electron chi connectivity index (χ2n) is 7.37. The van der Waals surface area contributed by atoms with Crippen LogP contribution in [0.4, 0.5) is 5.95 Å². The monoisotopic (exact) mass is 396 g/mol. The first-order valence-corrected chi connectivity index (χ1v) is 10.3. The molecule has 1 fully saturated rings. The molecule has 0 bridgehead atoms. The number of H-pyrrole nitrogens is 1. The summed E-state index contributed by atoms with van der Waals surface area (Å²) in [6.07, 6.45) is 2.69. The molecule has 2 aromatic carbocycles. The molecule has 0 saturated carbocycles. The fourth-order valence-corrected chi connectivity index (χ4v) is 3.87. The van der Waals surface area contributed by atoms with Crippen LogP contribution in [-0.2, 0) is 17.8 Å². The van der Waals surface area contributed by atoms with Gasteiger partial charge < -0.3 is 15.2 Å². The molecule has 6 heteroatoms. The van der Waals surface area contributed by atoms with Crippen molar-refractivity contribution in [2.75, 3.05) is 18.0 Å². The Hall–Kier alpha value is -2.53. The SMILES string of the molecule is CCc1ccc(CNC(=O)C2CCN(c3nc4ccc(Cl)cc4[nH]3)CC2)cc1. The van der Waals surface area contributed by atoms with E-state index in [1.807, 2.05) is 18.2 Å². The number of aryl methyl sites for hydroxylation is 1. The van der Waals surface area contributed by atoms with Gasteiger partial charge in [-0.25, -0.2) is 4.98 Å². The van der Waals surface area contributed by atoms with Gasteiger partial charge in [0.15, 0.2) is 0 Å². The molecule has 2 N–H and O–H groups in total. The molecule has 0 aliphatic carbocycles. The van der Waals surface area contributed by atoms with Gasteiger partial charge in [-0.1, -0.05) is 42.8 Å². The van der Waals surface area contributed by atoms with Crippen molar-refractivity contribution in [3.8, 4) is 0 Å². The summed E-state index contributed by atoms with van der Waals surface area (Å²) in [6.45, 7) is 4.37. The van der Waals surface area contributed by atoms with Gasteiger partial charge in [0.2, 0.25) is 11.9 Å². The van der Waals surface area contributed by atoms with Crippen molar-refractivity contribution in [2.24, 2.45) is 5.92 Å². The van der Waals surface area contributed by atoms with E-state index in [9.17, 15) is 4.79 Å². The summed E-state index contributed by atoms with van der Waals surface area (Å²) in [5, 5.41) is 3.79. The average Bonchev–Trinajstić information content (AvgIpc) is 3.15. The standard InChI is InChI=1S/C22H25ClN4O/c1-2-15-3-5-16(6-4-15)14-24-21(28)17-9-11-27(12-10-17)22-25-19-8-7-18(23)13-20(19)26-22/h3-8,13,17H,2,9-12,14H2,1H3,(H,24,28)(H,25,26). The van der Waals surface area contributed by atoms with Crippen LogP contribution in [0.2, 0.25) is 5.02 Å². The van der Waals surface area contributed by atoms with E-state index in [0.717, 1.165) is 54.9 Å². The third-order valence-corrected chi connectivity index (χ3v) is 5.73. The molecular weight excluding hydrogens is 372 g/mol. The number of imidazole rings is 1. The van der Waals surface area contributed by atoms with E-state index in [2.05, 4.69) is 51.4 Å². The number of rotatable bonds is 5. The van der Waals surface area contributed by atoms with E-state index in [4.69, 9.17) is 11.6 Å². The third kappa shape index (κ3) is 4.14. The number of piperidine rings is 1. The van der Waals surface area contributed by atoms with Crippen LogP contribution in [0.25, 0.3) is 11.0 Å². The second kappa shape index (κ2) is 8.23. The number of carbonyl (C=O) groups is 1. The van der Waals surface area contributed by atoms with Crippen LogP contribution >= 0.6 is 11.6 Å². The molecule has 1 aliphatic heterocycles. The molecule has 0 atom stereocenters. The fourth-order valence-electron chi connectivity index (χ4n) is 3.70. The zero-order valence-electron chi connectivity index (χ0n) is 16.0. The summed E-state index contributed by atoms with van der Waals surface area (Å²) in [5.41, 5.74) is 4.31. The van der Waals surface area contributed by atoms with Gasteiger partial charge in [-0.3, -0.25) is 4.79 Å². The number of benzene rings is 2. The number of hydrogen-bond donors (Lipinski definition) is 2. The lowest BCUT2D eigenvalue weighted by Gasteiger charge is -2.31. The van der Waals surface area contributed by atoms with Crippen molar-refractivity contribution in [3.05, 3.63) is 58.6 Å². The lowest BCUT2D eigenvalue weighted by Crippen LogP contribution is -2.40. The molecule has 28 heavy (non-hydrogen) atoms. The van der Waals surface area contributed by atoms with Crippen LogP contribution in [-0.4, -0.2) is 29.0 Å². The number of aromatic nitrogens is 2. The van der Waals surface area contributed by atoms with Gasteiger partial charge in [0, 0.05) is 30.6 Å². The zero-order chi connectivity index (χ0) is 19.5. The van der Waals surface area contributed by atoms with Gasteiger partial charge in [0.25, 0.3) is 0 Å². The fraction of sp³-hybridized carbons (Fsp3) is 0.364. The van der Waals surface area contributed by atoms with Crippen molar-refractivity contribution in [2.45, 2.75) is 32.7 Å². The third-order valence-electron chi connectivity index (χ3n) is 5.49. The minimum atomic E-state index is 0.0602. The van der Waals surface area contributed by atoms with Crippen molar-refractivity contribution in [3.63, 3.8) is 0 Å². The predicted octanol–water partition coefficient (Wildman–Crippen LogP) is 4.31. The summed E-state index contributed by atoms with van der Waals surface area (Å²) < 4.78 is 0. The lowest BCUT2D eigenvalue weighted by molar-refractivity contribution is -0.125. The molecule has 4 rings (SSSR count). The highest BCUT2D eigenvalue weighted by Gasteiger charge is 2.26. The summed E-state index contributed by atoms with van der Waals surface area (Å²) in [5.74, 6) is 1.06. The van der Waals surface area contributed by atoms with E-state index in [1.165, 1.54) is 5.56 Å². The summed E-state index contributed by atoms with van der Waals surface area (Å²) >= 11 is 6.05. The van der Waals surface area contributed by atoms with Crippen molar-refractivity contribution >= 4 is 34.5 Å². The summed E-state index contributed by atoms with van der Waals surface area (Å²) in [7, 11) is 0. The minimum absolute atomic E-state index is 0.0602. The molecule has 0 spiro atoms. The van der Waals surface area contributed by atoms with Crippen LogP contribution in [0.5, 0.6) is 0 Å². The molecule has 1 amide bonds. The minimum Gasteiger partial charge on any atom is -0.352 e. The number of amides is 1. The number of halogens is 1. The Labute approximate surface area is 170 Å². The number of aromatic amines is 1. The Morgan fingerprint density at radius 1 is 1.18 bits per heavy atom. The number of anilines is 1. The van der Waals surface area contributed by atoms with Crippen LogP contribution in [0.3, 0.4) is 0 Å². The Bertz CT molecular complexity index is 958. The van der Waals surface area contributed by atoms with Gasteiger partial charge in [-0.2, -0.15) is 0 Å². The molecule has 5 nitrogen and oxygen atoms in total. The van der Waals surface area contributed by atoms with E-state index in [1.54, 1.807) is 0 Å². The van der Waals surface area contributed by atoms with Gasteiger partial charge in [-0.15, -0.1) is 0 Å². The lowest BCUT2D eigenvalue weighted by atomic mass is 9.96. The second-order valence-corrected chi connectivity index (χ2v) is 7.81. The van der Waals surface area contributed by atoms with Gasteiger partial charge in [-0.05, 0) is 48.6 Å². The van der Waals surface area contributed by atoms with Crippen molar-refractivity contribution in [1.29, 1.82) is 0 Å². The van der Waals surface area contributed by atoms with Crippen LogP contribution < -0.4 is 10.2 Å². The van der Waals surface area contributed by atoms with E-state index in [0.29, 0.717) is 11.6 Å². The van der Waals surface area contributed by atoms with Gasteiger partial charge >= 0.3 is 0 Å². The molecule has 1 aliphatic rings. The summed E-state index contributed by atoms with van der Waals surface area (Å²) in [6, 6.07) is 14.1. The largest absolute Gasteiger partial charge is 0.352 e. The molecule has 0 unspecified atom stereocenters. The topological polar surface area (TPSA) is 61.0 Å². The maximum Gasteiger partial charge on any atom is 0.223 e. The maximum absolute atomic E-state index is 12.5. The van der Waals surface area contributed by atoms with Crippen molar-refractivity contribution in [1.82, 2.24) is 15.3 Å². The van der Waals surface area contributed by atoms with Crippen LogP contribution in [0.1, 0.15) is 30.9 Å². The molecule has 1 saturated heterocycles. The van der Waals surface area contributed by atoms with E-state index < -0.39 is 0 Å². The number of nitrogens with one attached hydrogen (secondary N) is 2. The number of carbonyl (C=O) groups excluding carboxylic acids is 1. The molecule has 146 valence electrons. The molecule has 3 aromatic rings. The first-order chi connectivity index (χ1) is 13.6. The molecular formula is C22H25ClN4O.